The molecule has 0 radical (unpaired) electrons. The third-order valence-electron chi connectivity index (χ3n) is 5.82. The standard InChI is InChI=1S/C25H24FN5O2S/c1-18-8-10-19(11-9-18)31-24(22-7-4-16-33-22)27-28-25(31)34-17-23(32)30-14-12-29(13-15-30)21-6-3-2-5-20(21)26/h2-11,16H,12-15,17H2,1H3. The lowest BCUT2D eigenvalue weighted by molar-refractivity contribution is -0.128. The summed E-state index contributed by atoms with van der Waals surface area (Å²) in [4.78, 5) is 16.8. The van der Waals surface area contributed by atoms with E-state index in [0.29, 0.717) is 48.6 Å². The van der Waals surface area contributed by atoms with Gasteiger partial charge in [-0.05, 0) is 43.3 Å². The van der Waals surface area contributed by atoms with E-state index in [-0.39, 0.29) is 17.5 Å². The van der Waals surface area contributed by atoms with E-state index < -0.39 is 0 Å². The van der Waals surface area contributed by atoms with Crippen molar-refractivity contribution in [3.05, 3.63) is 78.3 Å². The van der Waals surface area contributed by atoms with Gasteiger partial charge in [0.15, 0.2) is 10.9 Å². The molecule has 174 valence electrons. The van der Waals surface area contributed by atoms with Crippen molar-refractivity contribution in [2.75, 3.05) is 36.8 Å². The number of hydrogen-bond donors (Lipinski definition) is 0. The number of aromatic nitrogens is 3. The maximum atomic E-state index is 14.1. The molecule has 3 heterocycles. The van der Waals surface area contributed by atoms with Crippen LogP contribution in [0.4, 0.5) is 10.1 Å². The summed E-state index contributed by atoms with van der Waals surface area (Å²) in [5, 5.41) is 9.29. The van der Waals surface area contributed by atoms with E-state index in [1.807, 2.05) is 57.7 Å². The molecule has 0 saturated carbocycles. The van der Waals surface area contributed by atoms with Gasteiger partial charge in [0.05, 0.1) is 17.7 Å². The van der Waals surface area contributed by atoms with Gasteiger partial charge in [-0.3, -0.25) is 9.36 Å². The molecule has 5 rings (SSSR count). The number of amides is 1. The molecular weight excluding hydrogens is 453 g/mol. The molecule has 0 spiro atoms. The molecule has 0 aliphatic carbocycles. The van der Waals surface area contributed by atoms with Crippen molar-refractivity contribution in [3.8, 4) is 17.3 Å². The van der Waals surface area contributed by atoms with Crippen molar-refractivity contribution >= 4 is 23.4 Å². The van der Waals surface area contributed by atoms with Crippen molar-refractivity contribution in [1.82, 2.24) is 19.7 Å². The molecule has 2 aromatic carbocycles. The number of rotatable bonds is 6. The number of thioether (sulfide) groups is 1. The molecule has 9 heteroatoms. The van der Waals surface area contributed by atoms with Crippen molar-refractivity contribution in [2.24, 2.45) is 0 Å². The first kappa shape index (κ1) is 22.2. The molecule has 4 aromatic rings. The summed E-state index contributed by atoms with van der Waals surface area (Å²) < 4.78 is 21.6. The van der Waals surface area contributed by atoms with E-state index >= 15 is 0 Å². The van der Waals surface area contributed by atoms with Crippen LogP contribution in [0.3, 0.4) is 0 Å². The Labute approximate surface area is 201 Å². The molecule has 1 fully saturated rings. The van der Waals surface area contributed by atoms with E-state index in [0.717, 1.165) is 11.3 Å². The van der Waals surface area contributed by atoms with E-state index in [9.17, 15) is 9.18 Å². The van der Waals surface area contributed by atoms with Crippen molar-refractivity contribution in [3.63, 3.8) is 0 Å². The smallest absolute Gasteiger partial charge is 0.233 e. The average molecular weight is 478 g/mol. The van der Waals surface area contributed by atoms with Gasteiger partial charge in [0.25, 0.3) is 0 Å². The van der Waals surface area contributed by atoms with Gasteiger partial charge in [-0.15, -0.1) is 10.2 Å². The van der Waals surface area contributed by atoms with Crippen molar-refractivity contribution < 1.29 is 13.6 Å². The predicted octanol–water partition coefficient (Wildman–Crippen LogP) is 4.42. The van der Waals surface area contributed by atoms with Gasteiger partial charge >= 0.3 is 0 Å². The Balaban J connectivity index is 1.28. The van der Waals surface area contributed by atoms with Crippen LogP contribution in [0, 0.1) is 12.7 Å². The van der Waals surface area contributed by atoms with Crippen LogP contribution < -0.4 is 4.90 Å². The van der Waals surface area contributed by atoms with Gasteiger partial charge in [-0.2, -0.15) is 0 Å². The SMILES string of the molecule is Cc1ccc(-n2c(SCC(=O)N3CCN(c4ccccc4F)CC3)nnc2-c2ccco2)cc1. The molecule has 0 N–H and O–H groups in total. The van der Waals surface area contributed by atoms with Crippen LogP contribution >= 0.6 is 11.8 Å². The summed E-state index contributed by atoms with van der Waals surface area (Å²) in [6.45, 7) is 4.33. The molecule has 0 bridgehead atoms. The number of hydrogen-bond acceptors (Lipinski definition) is 6. The third kappa shape index (κ3) is 4.56. The summed E-state index contributed by atoms with van der Waals surface area (Å²) in [5.74, 6) is 1.22. The minimum atomic E-state index is -0.236. The molecular formula is C25H24FN5O2S. The number of carbonyl (C=O) groups excluding carboxylic acids is 1. The fraction of sp³-hybridized carbons (Fsp3) is 0.240. The van der Waals surface area contributed by atoms with Gasteiger partial charge in [0, 0.05) is 31.9 Å². The largest absolute Gasteiger partial charge is 0.461 e. The van der Waals surface area contributed by atoms with Crippen molar-refractivity contribution in [1.29, 1.82) is 0 Å². The maximum Gasteiger partial charge on any atom is 0.233 e. The first-order chi connectivity index (χ1) is 16.6. The van der Waals surface area contributed by atoms with E-state index in [1.165, 1.54) is 17.8 Å². The normalized spacial score (nSPS) is 13.9. The summed E-state index contributed by atoms with van der Waals surface area (Å²) in [7, 11) is 0. The Morgan fingerprint density at radius 2 is 1.76 bits per heavy atom. The zero-order chi connectivity index (χ0) is 23.5. The Morgan fingerprint density at radius 1 is 1.00 bits per heavy atom. The minimum Gasteiger partial charge on any atom is -0.461 e. The van der Waals surface area contributed by atoms with Crippen LogP contribution in [0.15, 0.2) is 76.5 Å². The maximum absolute atomic E-state index is 14.1. The lowest BCUT2D eigenvalue weighted by atomic mass is 10.2. The Kier molecular flexibility index (Phi) is 6.35. The van der Waals surface area contributed by atoms with E-state index in [1.54, 1.807) is 24.5 Å². The van der Waals surface area contributed by atoms with Crippen LogP contribution in [-0.2, 0) is 4.79 Å². The Morgan fingerprint density at radius 3 is 2.47 bits per heavy atom. The van der Waals surface area contributed by atoms with Gasteiger partial charge in [0.1, 0.15) is 5.82 Å². The number of anilines is 1. The summed E-state index contributed by atoms with van der Waals surface area (Å²) in [6.07, 6.45) is 1.60. The Hall–Kier alpha value is -3.59. The molecule has 2 aromatic heterocycles. The highest BCUT2D eigenvalue weighted by atomic mass is 32.2. The number of aryl methyl sites for hydroxylation is 1. The minimum absolute atomic E-state index is 0.0242. The molecule has 7 nitrogen and oxygen atoms in total. The highest BCUT2D eigenvalue weighted by molar-refractivity contribution is 7.99. The number of halogens is 1. The van der Waals surface area contributed by atoms with Gasteiger partial charge in [0.2, 0.25) is 11.7 Å². The zero-order valence-electron chi connectivity index (χ0n) is 18.7. The molecule has 1 saturated heterocycles. The van der Waals surface area contributed by atoms with Gasteiger partial charge in [-0.1, -0.05) is 41.6 Å². The van der Waals surface area contributed by atoms with Crippen LogP contribution in [0.1, 0.15) is 5.56 Å². The third-order valence-corrected chi connectivity index (χ3v) is 6.73. The lowest BCUT2D eigenvalue weighted by Gasteiger charge is -2.36. The number of piperazine rings is 1. The summed E-state index contributed by atoms with van der Waals surface area (Å²) >= 11 is 1.35. The second kappa shape index (κ2) is 9.72. The number of benzene rings is 2. The predicted molar refractivity (Wildman–Crippen MR) is 130 cm³/mol. The first-order valence-corrected chi connectivity index (χ1v) is 12.0. The highest BCUT2D eigenvalue weighted by Gasteiger charge is 2.24. The number of furan rings is 1. The van der Waals surface area contributed by atoms with Crippen LogP contribution in [0.2, 0.25) is 0 Å². The van der Waals surface area contributed by atoms with Gasteiger partial charge in [-0.25, -0.2) is 4.39 Å². The lowest BCUT2D eigenvalue weighted by Crippen LogP contribution is -2.49. The molecule has 1 aliphatic rings. The number of carbonyl (C=O) groups is 1. The monoisotopic (exact) mass is 477 g/mol. The summed E-state index contributed by atoms with van der Waals surface area (Å²) in [5.41, 5.74) is 2.63. The average Bonchev–Trinajstić information content (AvgIpc) is 3.54. The zero-order valence-corrected chi connectivity index (χ0v) is 19.5. The van der Waals surface area contributed by atoms with E-state index in [4.69, 9.17) is 4.42 Å². The first-order valence-electron chi connectivity index (χ1n) is 11.1. The van der Waals surface area contributed by atoms with Crippen LogP contribution in [-0.4, -0.2) is 57.5 Å². The second-order valence-corrected chi connectivity index (χ2v) is 9.00. The fourth-order valence-corrected chi connectivity index (χ4v) is 4.83. The molecule has 34 heavy (non-hydrogen) atoms. The fourth-order valence-electron chi connectivity index (χ4n) is 3.98. The topological polar surface area (TPSA) is 67.4 Å². The number of nitrogens with zero attached hydrogens (tertiary/aromatic N) is 5. The quantitative estimate of drug-likeness (QED) is 0.383. The molecule has 0 unspecified atom stereocenters. The Bertz CT molecular complexity index is 1260. The molecule has 0 atom stereocenters. The van der Waals surface area contributed by atoms with Crippen LogP contribution in [0.25, 0.3) is 17.3 Å². The highest BCUT2D eigenvalue weighted by Crippen LogP contribution is 2.29. The molecule has 1 aliphatic heterocycles. The molecule has 1 amide bonds. The van der Waals surface area contributed by atoms with Crippen molar-refractivity contribution in [2.45, 2.75) is 12.1 Å². The summed E-state index contributed by atoms with van der Waals surface area (Å²) in [6, 6.07) is 18.4. The second-order valence-electron chi connectivity index (χ2n) is 8.06. The van der Waals surface area contributed by atoms with E-state index in [2.05, 4.69) is 10.2 Å². The number of para-hydroxylation sites is 1. The van der Waals surface area contributed by atoms with Gasteiger partial charge < -0.3 is 14.2 Å². The van der Waals surface area contributed by atoms with Crippen LogP contribution in [0.5, 0.6) is 0 Å².